The molecule has 5 nitrogen and oxygen atoms in total. The van der Waals surface area contributed by atoms with Crippen LogP contribution in [0.3, 0.4) is 0 Å². The van der Waals surface area contributed by atoms with Gasteiger partial charge in [-0.25, -0.2) is 13.8 Å². The first kappa shape index (κ1) is 11.2. The maximum absolute atomic E-state index is 12.4. The molecule has 0 radical (unpaired) electrons. The summed E-state index contributed by atoms with van der Waals surface area (Å²) in [5.74, 6) is 0. The molecule has 0 aliphatic heterocycles. The summed E-state index contributed by atoms with van der Waals surface area (Å²) < 4.78 is 24.9. The van der Waals surface area contributed by atoms with Crippen LogP contribution in [0, 0.1) is 17.0 Å². The van der Waals surface area contributed by atoms with Crippen molar-refractivity contribution in [3.05, 3.63) is 33.1 Å². The summed E-state index contributed by atoms with van der Waals surface area (Å²) in [4.78, 5) is 23.4. The molecule has 0 atom stereocenters. The molecule has 0 aliphatic carbocycles. The normalized spacial score (nSPS) is 10.4. The van der Waals surface area contributed by atoms with Crippen molar-refractivity contribution in [3.8, 4) is 0 Å². The Morgan fingerprint density at radius 2 is 2.20 bits per heavy atom. The zero-order chi connectivity index (χ0) is 11.6. The molecular weight excluding hydrogens is 210 g/mol. The predicted octanol–water partition coefficient (Wildman–Crippen LogP) is 2.05. The molecule has 15 heavy (non-hydrogen) atoms. The molecule has 0 amide bonds. The molecule has 1 aromatic heterocycles. The Hall–Kier alpha value is -1.92. The minimum absolute atomic E-state index is 0.0943. The smallest absolute Gasteiger partial charge is 0.296 e. The summed E-state index contributed by atoms with van der Waals surface area (Å²) in [6.07, 6.45) is -2.91. The lowest BCUT2D eigenvalue weighted by atomic mass is 10.1. The SMILES string of the molecule is Cc1cc(C(F)F)c([N+](=O)[O-])c(C=O)n1. The number of aryl methyl sites for hydroxylation is 1. The van der Waals surface area contributed by atoms with Gasteiger partial charge in [0, 0.05) is 5.69 Å². The Morgan fingerprint density at radius 1 is 1.60 bits per heavy atom. The summed E-state index contributed by atoms with van der Waals surface area (Å²) in [5, 5.41) is 10.5. The third kappa shape index (κ3) is 2.12. The lowest BCUT2D eigenvalue weighted by Gasteiger charge is -2.04. The van der Waals surface area contributed by atoms with E-state index >= 15 is 0 Å². The van der Waals surface area contributed by atoms with Gasteiger partial charge in [0.2, 0.25) is 0 Å². The van der Waals surface area contributed by atoms with Crippen LogP contribution in [0.1, 0.15) is 28.2 Å². The molecule has 1 rings (SSSR count). The first-order valence-corrected chi connectivity index (χ1v) is 3.86. The monoisotopic (exact) mass is 216 g/mol. The summed E-state index contributed by atoms with van der Waals surface area (Å²) in [5.41, 5.74) is -2.14. The maximum Gasteiger partial charge on any atom is 0.307 e. The average molecular weight is 216 g/mol. The van der Waals surface area contributed by atoms with E-state index in [1.807, 2.05) is 0 Å². The topological polar surface area (TPSA) is 73.1 Å². The van der Waals surface area contributed by atoms with Crippen molar-refractivity contribution in [2.75, 3.05) is 0 Å². The molecule has 1 aromatic rings. The molecule has 0 fully saturated rings. The molecule has 1 heterocycles. The van der Waals surface area contributed by atoms with Crippen LogP contribution in [0.5, 0.6) is 0 Å². The molecular formula is C8H6F2N2O3. The van der Waals surface area contributed by atoms with Crippen molar-refractivity contribution in [2.24, 2.45) is 0 Å². The number of nitro groups is 1. The van der Waals surface area contributed by atoms with Gasteiger partial charge < -0.3 is 0 Å². The predicted molar refractivity (Wildman–Crippen MR) is 46.0 cm³/mol. The minimum atomic E-state index is -3.01. The Labute approximate surface area is 82.9 Å². The van der Waals surface area contributed by atoms with Gasteiger partial charge >= 0.3 is 5.69 Å². The van der Waals surface area contributed by atoms with Crippen LogP contribution in [0.25, 0.3) is 0 Å². The summed E-state index contributed by atoms with van der Waals surface area (Å²) in [6, 6.07) is 0.899. The fourth-order valence-electron chi connectivity index (χ4n) is 1.16. The minimum Gasteiger partial charge on any atom is -0.296 e. The van der Waals surface area contributed by atoms with E-state index in [1.165, 1.54) is 6.92 Å². The number of alkyl halides is 2. The van der Waals surface area contributed by atoms with Crippen molar-refractivity contribution in [1.82, 2.24) is 4.98 Å². The zero-order valence-corrected chi connectivity index (χ0v) is 7.61. The second-order valence-electron chi connectivity index (χ2n) is 2.76. The van der Waals surface area contributed by atoms with E-state index in [4.69, 9.17) is 0 Å². The molecule has 80 valence electrons. The van der Waals surface area contributed by atoms with Crippen molar-refractivity contribution in [3.63, 3.8) is 0 Å². The van der Waals surface area contributed by atoms with Gasteiger partial charge in [0.25, 0.3) is 6.43 Å². The second kappa shape index (κ2) is 4.07. The highest BCUT2D eigenvalue weighted by atomic mass is 19.3. The van der Waals surface area contributed by atoms with E-state index in [-0.39, 0.29) is 12.0 Å². The third-order valence-corrected chi connectivity index (χ3v) is 1.71. The van der Waals surface area contributed by atoms with Crippen molar-refractivity contribution in [2.45, 2.75) is 13.3 Å². The van der Waals surface area contributed by atoms with Gasteiger partial charge in [0.15, 0.2) is 12.0 Å². The van der Waals surface area contributed by atoms with E-state index < -0.39 is 28.3 Å². The highest BCUT2D eigenvalue weighted by Crippen LogP contribution is 2.30. The number of hydrogen-bond donors (Lipinski definition) is 0. The van der Waals surface area contributed by atoms with Gasteiger partial charge in [-0.05, 0) is 13.0 Å². The molecule has 0 bridgehead atoms. The van der Waals surface area contributed by atoms with Crippen molar-refractivity contribution < 1.29 is 18.5 Å². The number of nitrogens with zero attached hydrogens (tertiary/aromatic N) is 2. The Bertz CT molecular complexity index is 421. The van der Waals surface area contributed by atoms with Gasteiger partial charge in [-0.3, -0.25) is 14.9 Å². The van der Waals surface area contributed by atoms with Gasteiger partial charge in [-0.2, -0.15) is 0 Å². The molecule has 0 aliphatic rings. The average Bonchev–Trinajstić information content (AvgIpc) is 2.15. The Morgan fingerprint density at radius 3 is 2.60 bits per heavy atom. The van der Waals surface area contributed by atoms with E-state index in [1.54, 1.807) is 0 Å². The van der Waals surface area contributed by atoms with Gasteiger partial charge in [0.1, 0.15) is 0 Å². The third-order valence-electron chi connectivity index (χ3n) is 1.71. The van der Waals surface area contributed by atoms with Crippen LogP contribution in [-0.2, 0) is 0 Å². The van der Waals surface area contributed by atoms with Crippen molar-refractivity contribution >= 4 is 12.0 Å². The van der Waals surface area contributed by atoms with Crippen LogP contribution < -0.4 is 0 Å². The number of rotatable bonds is 3. The van der Waals surface area contributed by atoms with Crippen LogP contribution in [0.2, 0.25) is 0 Å². The zero-order valence-electron chi connectivity index (χ0n) is 7.61. The number of carbonyl (C=O) groups excluding carboxylic acids is 1. The van der Waals surface area contributed by atoms with E-state index in [0.29, 0.717) is 0 Å². The largest absolute Gasteiger partial charge is 0.307 e. The van der Waals surface area contributed by atoms with Crippen LogP contribution in [0.15, 0.2) is 6.07 Å². The number of hydrogen-bond acceptors (Lipinski definition) is 4. The number of carbonyl (C=O) groups is 1. The molecule has 0 aromatic carbocycles. The lowest BCUT2D eigenvalue weighted by molar-refractivity contribution is -0.386. The number of aldehydes is 1. The van der Waals surface area contributed by atoms with E-state index in [0.717, 1.165) is 6.07 Å². The quantitative estimate of drug-likeness (QED) is 0.440. The fraction of sp³-hybridized carbons (Fsp3) is 0.250. The highest BCUT2D eigenvalue weighted by Gasteiger charge is 2.27. The van der Waals surface area contributed by atoms with Gasteiger partial charge in [0.05, 0.1) is 10.5 Å². The lowest BCUT2D eigenvalue weighted by Crippen LogP contribution is -2.04. The van der Waals surface area contributed by atoms with Gasteiger partial charge in [-0.1, -0.05) is 0 Å². The van der Waals surface area contributed by atoms with Gasteiger partial charge in [-0.15, -0.1) is 0 Å². The molecule has 0 N–H and O–H groups in total. The summed E-state index contributed by atoms with van der Waals surface area (Å²) >= 11 is 0. The fourth-order valence-corrected chi connectivity index (χ4v) is 1.16. The standard InChI is InChI=1S/C8H6F2N2O3/c1-4-2-5(8(9)10)7(12(14)15)6(3-13)11-4/h2-3,8H,1H3. The second-order valence-corrected chi connectivity index (χ2v) is 2.76. The molecule has 0 saturated heterocycles. The van der Waals surface area contributed by atoms with E-state index in [9.17, 15) is 23.7 Å². The number of pyridine rings is 1. The number of halogens is 2. The summed E-state index contributed by atoms with van der Waals surface area (Å²) in [7, 11) is 0. The molecule has 0 unspecified atom stereocenters. The van der Waals surface area contributed by atoms with Crippen LogP contribution in [-0.4, -0.2) is 16.2 Å². The van der Waals surface area contributed by atoms with E-state index in [2.05, 4.69) is 4.98 Å². The maximum atomic E-state index is 12.4. The summed E-state index contributed by atoms with van der Waals surface area (Å²) in [6.45, 7) is 1.38. The highest BCUT2D eigenvalue weighted by molar-refractivity contribution is 5.79. The first-order valence-electron chi connectivity index (χ1n) is 3.86. The van der Waals surface area contributed by atoms with Crippen LogP contribution >= 0.6 is 0 Å². The first-order chi connectivity index (χ1) is 6.97. The Balaban J connectivity index is 3.54. The molecule has 0 spiro atoms. The molecule has 0 saturated carbocycles. The molecule has 7 heteroatoms. The Kier molecular flexibility index (Phi) is 3.03. The van der Waals surface area contributed by atoms with Crippen LogP contribution in [0.4, 0.5) is 14.5 Å². The van der Waals surface area contributed by atoms with Crippen molar-refractivity contribution in [1.29, 1.82) is 0 Å². The number of aromatic nitrogens is 1.